The molecule has 0 amide bonds. The van der Waals surface area contributed by atoms with Crippen molar-refractivity contribution in [2.75, 3.05) is 30.3 Å². The number of H-pyrrole nitrogens is 1. The normalized spacial score (nSPS) is 17.8. The highest BCUT2D eigenvalue weighted by Crippen LogP contribution is 2.27. The van der Waals surface area contributed by atoms with Crippen molar-refractivity contribution < 1.29 is 9.13 Å². The highest BCUT2D eigenvalue weighted by Gasteiger charge is 2.24. The number of fused-ring (bicyclic) bond motifs is 1. The standard InChI is InChI=1S/C17H19FN6O/c18-12-3-5-13(6-4-12)25-9-11-2-1-7-24(8-11)16-14-15(21-10-20-14)22-17(19)23-16/h3-6,10-11H,1-2,7-9H2,(H3,19,20,21,22,23)/t11-/m1/s1. The summed E-state index contributed by atoms with van der Waals surface area (Å²) in [5.41, 5.74) is 7.19. The molecule has 3 heterocycles. The first-order valence-electron chi connectivity index (χ1n) is 8.29. The molecule has 1 aliphatic rings. The molecule has 0 unspecified atom stereocenters. The van der Waals surface area contributed by atoms with E-state index in [0.717, 1.165) is 37.3 Å². The Morgan fingerprint density at radius 2 is 2.12 bits per heavy atom. The van der Waals surface area contributed by atoms with Gasteiger partial charge >= 0.3 is 0 Å². The fourth-order valence-electron chi connectivity index (χ4n) is 3.20. The van der Waals surface area contributed by atoms with Crippen LogP contribution in [0.1, 0.15) is 12.8 Å². The van der Waals surface area contributed by atoms with Gasteiger partial charge in [0.15, 0.2) is 11.5 Å². The Kier molecular flexibility index (Phi) is 4.09. The highest BCUT2D eigenvalue weighted by molar-refractivity contribution is 5.84. The van der Waals surface area contributed by atoms with Gasteiger partial charge in [-0.25, -0.2) is 9.37 Å². The van der Waals surface area contributed by atoms with Gasteiger partial charge in [-0.3, -0.25) is 0 Å². The molecule has 0 saturated carbocycles. The van der Waals surface area contributed by atoms with Crippen LogP contribution in [0.2, 0.25) is 0 Å². The molecule has 130 valence electrons. The number of aromatic amines is 1. The van der Waals surface area contributed by atoms with Crippen LogP contribution in [0.3, 0.4) is 0 Å². The second kappa shape index (κ2) is 6.54. The summed E-state index contributed by atoms with van der Waals surface area (Å²) in [6, 6.07) is 6.10. The molecule has 7 nitrogen and oxygen atoms in total. The summed E-state index contributed by atoms with van der Waals surface area (Å²) >= 11 is 0. The Labute approximate surface area is 144 Å². The molecule has 2 aromatic heterocycles. The van der Waals surface area contributed by atoms with E-state index in [2.05, 4.69) is 24.8 Å². The van der Waals surface area contributed by atoms with Crippen molar-refractivity contribution in [1.29, 1.82) is 0 Å². The first-order chi connectivity index (χ1) is 12.2. The highest BCUT2D eigenvalue weighted by atomic mass is 19.1. The first kappa shape index (κ1) is 15.6. The minimum atomic E-state index is -0.263. The van der Waals surface area contributed by atoms with Gasteiger partial charge < -0.3 is 20.4 Å². The summed E-state index contributed by atoms with van der Waals surface area (Å²) in [6.45, 7) is 2.29. The van der Waals surface area contributed by atoms with Gasteiger partial charge in [0.2, 0.25) is 5.95 Å². The fourth-order valence-corrected chi connectivity index (χ4v) is 3.20. The number of hydrogen-bond acceptors (Lipinski definition) is 6. The van der Waals surface area contributed by atoms with Crippen LogP contribution in [0.15, 0.2) is 30.6 Å². The third kappa shape index (κ3) is 3.33. The summed E-state index contributed by atoms with van der Waals surface area (Å²) in [5, 5.41) is 0. The summed E-state index contributed by atoms with van der Waals surface area (Å²) in [5.74, 6) is 1.78. The van der Waals surface area contributed by atoms with Gasteiger partial charge in [-0.1, -0.05) is 0 Å². The van der Waals surface area contributed by atoms with Crippen molar-refractivity contribution in [1.82, 2.24) is 19.9 Å². The molecule has 3 aromatic rings. The number of rotatable bonds is 4. The SMILES string of the molecule is Nc1nc(N2CCC[C@@H](COc3ccc(F)cc3)C2)c2[nH]cnc2n1. The Bertz CT molecular complexity index is 865. The van der Waals surface area contributed by atoms with E-state index in [4.69, 9.17) is 10.5 Å². The zero-order chi connectivity index (χ0) is 17.2. The van der Waals surface area contributed by atoms with Crippen molar-refractivity contribution in [3.63, 3.8) is 0 Å². The maximum Gasteiger partial charge on any atom is 0.224 e. The molecular formula is C17H19FN6O. The number of halogens is 1. The molecule has 25 heavy (non-hydrogen) atoms. The van der Waals surface area contributed by atoms with E-state index in [0.29, 0.717) is 23.9 Å². The van der Waals surface area contributed by atoms with E-state index in [1.165, 1.54) is 12.1 Å². The molecule has 1 aromatic carbocycles. The van der Waals surface area contributed by atoms with Gasteiger partial charge in [0.1, 0.15) is 17.1 Å². The van der Waals surface area contributed by atoms with E-state index in [1.807, 2.05) is 0 Å². The predicted octanol–water partition coefficient (Wildman–Crippen LogP) is 2.37. The molecule has 1 aliphatic heterocycles. The lowest BCUT2D eigenvalue weighted by atomic mass is 9.99. The molecule has 0 spiro atoms. The first-order valence-corrected chi connectivity index (χ1v) is 8.29. The minimum Gasteiger partial charge on any atom is -0.493 e. The largest absolute Gasteiger partial charge is 0.493 e. The molecule has 1 fully saturated rings. The Morgan fingerprint density at radius 3 is 2.96 bits per heavy atom. The second-order valence-electron chi connectivity index (χ2n) is 6.23. The van der Waals surface area contributed by atoms with Crippen molar-refractivity contribution in [3.8, 4) is 5.75 Å². The number of nitrogens with one attached hydrogen (secondary N) is 1. The molecule has 1 atom stereocenters. The van der Waals surface area contributed by atoms with Gasteiger partial charge in [0.05, 0.1) is 12.9 Å². The Morgan fingerprint density at radius 1 is 1.28 bits per heavy atom. The summed E-state index contributed by atoms with van der Waals surface area (Å²) in [4.78, 5) is 18.0. The third-order valence-electron chi connectivity index (χ3n) is 4.40. The van der Waals surface area contributed by atoms with Crippen LogP contribution < -0.4 is 15.4 Å². The molecule has 4 rings (SSSR count). The number of nitrogens with zero attached hydrogens (tertiary/aromatic N) is 4. The van der Waals surface area contributed by atoms with E-state index >= 15 is 0 Å². The van der Waals surface area contributed by atoms with E-state index in [1.54, 1.807) is 18.5 Å². The molecule has 0 radical (unpaired) electrons. The number of nitrogens with two attached hydrogens (primary N) is 1. The fraction of sp³-hybridized carbons (Fsp3) is 0.353. The lowest BCUT2D eigenvalue weighted by Gasteiger charge is -2.33. The number of aromatic nitrogens is 4. The Balaban J connectivity index is 1.47. The second-order valence-corrected chi connectivity index (χ2v) is 6.23. The van der Waals surface area contributed by atoms with Crippen LogP contribution in [0.4, 0.5) is 16.2 Å². The number of ether oxygens (including phenoxy) is 1. The number of nitrogen functional groups attached to an aromatic ring is 1. The lowest BCUT2D eigenvalue weighted by Crippen LogP contribution is -2.38. The molecular weight excluding hydrogens is 323 g/mol. The van der Waals surface area contributed by atoms with Gasteiger partial charge in [0, 0.05) is 19.0 Å². The van der Waals surface area contributed by atoms with Gasteiger partial charge in [-0.05, 0) is 37.1 Å². The number of benzene rings is 1. The summed E-state index contributed by atoms with van der Waals surface area (Å²) < 4.78 is 18.8. The topological polar surface area (TPSA) is 92.9 Å². The van der Waals surface area contributed by atoms with E-state index in [-0.39, 0.29) is 11.8 Å². The lowest BCUT2D eigenvalue weighted by molar-refractivity contribution is 0.228. The molecule has 0 bridgehead atoms. The van der Waals surface area contributed by atoms with Crippen LogP contribution >= 0.6 is 0 Å². The van der Waals surface area contributed by atoms with Crippen molar-refractivity contribution in [3.05, 3.63) is 36.4 Å². The maximum atomic E-state index is 13.0. The molecule has 1 saturated heterocycles. The van der Waals surface area contributed by atoms with E-state index < -0.39 is 0 Å². The minimum absolute atomic E-state index is 0.222. The summed E-state index contributed by atoms with van der Waals surface area (Å²) in [7, 11) is 0. The Hall–Kier alpha value is -2.90. The van der Waals surface area contributed by atoms with Crippen LogP contribution in [0.25, 0.3) is 11.2 Å². The smallest absolute Gasteiger partial charge is 0.224 e. The molecule has 8 heteroatoms. The van der Waals surface area contributed by atoms with Crippen molar-refractivity contribution >= 4 is 22.9 Å². The number of piperidine rings is 1. The third-order valence-corrected chi connectivity index (χ3v) is 4.40. The van der Waals surface area contributed by atoms with Crippen molar-refractivity contribution in [2.45, 2.75) is 12.8 Å². The predicted molar refractivity (Wildman–Crippen MR) is 92.9 cm³/mol. The van der Waals surface area contributed by atoms with Gasteiger partial charge in [0.25, 0.3) is 0 Å². The van der Waals surface area contributed by atoms with Crippen LogP contribution in [-0.4, -0.2) is 39.6 Å². The zero-order valence-corrected chi connectivity index (χ0v) is 13.7. The zero-order valence-electron chi connectivity index (χ0n) is 13.7. The quantitative estimate of drug-likeness (QED) is 0.756. The average molecular weight is 342 g/mol. The monoisotopic (exact) mass is 342 g/mol. The number of hydrogen-bond donors (Lipinski definition) is 2. The van der Waals surface area contributed by atoms with Crippen LogP contribution in [0, 0.1) is 11.7 Å². The summed E-state index contributed by atoms with van der Waals surface area (Å²) in [6.07, 6.45) is 3.71. The van der Waals surface area contributed by atoms with Gasteiger partial charge in [-0.2, -0.15) is 9.97 Å². The van der Waals surface area contributed by atoms with Crippen LogP contribution in [0.5, 0.6) is 5.75 Å². The number of imidazole rings is 1. The van der Waals surface area contributed by atoms with Crippen molar-refractivity contribution in [2.24, 2.45) is 5.92 Å². The number of anilines is 2. The molecule has 3 N–H and O–H groups in total. The van der Waals surface area contributed by atoms with Gasteiger partial charge in [-0.15, -0.1) is 0 Å². The molecule has 0 aliphatic carbocycles. The van der Waals surface area contributed by atoms with Crippen LogP contribution in [-0.2, 0) is 0 Å². The maximum absolute atomic E-state index is 13.0. The average Bonchev–Trinajstić information content (AvgIpc) is 3.09. The van der Waals surface area contributed by atoms with E-state index in [9.17, 15) is 4.39 Å².